The van der Waals surface area contributed by atoms with Crippen LogP contribution in [0, 0.1) is 11.6 Å². The first kappa shape index (κ1) is 13.5. The van der Waals surface area contributed by atoms with E-state index in [0.29, 0.717) is 20.3 Å². The third-order valence-electron chi connectivity index (χ3n) is 2.29. The summed E-state index contributed by atoms with van der Waals surface area (Å²) in [6, 6.07) is 8.81. The lowest BCUT2D eigenvalue weighted by atomic mass is 10.2. The van der Waals surface area contributed by atoms with Crippen LogP contribution in [0.15, 0.2) is 45.3 Å². The van der Waals surface area contributed by atoms with Crippen LogP contribution >= 0.6 is 31.9 Å². The lowest BCUT2D eigenvalue weighted by Crippen LogP contribution is -1.99. The summed E-state index contributed by atoms with van der Waals surface area (Å²) >= 11 is 6.42. The predicted octanol–water partition coefficient (Wildman–Crippen LogP) is 5.07. The van der Waals surface area contributed by atoms with E-state index < -0.39 is 5.82 Å². The normalized spacial score (nSPS) is 10.4. The highest BCUT2D eigenvalue weighted by Gasteiger charge is 2.06. The van der Waals surface area contributed by atoms with Crippen LogP contribution in [-0.4, -0.2) is 0 Å². The fraction of sp³-hybridized carbons (Fsp3) is 0.0769. The van der Waals surface area contributed by atoms with E-state index in [1.54, 1.807) is 18.2 Å². The Kier molecular flexibility index (Phi) is 4.35. The van der Waals surface area contributed by atoms with Crippen molar-refractivity contribution in [3.63, 3.8) is 0 Å². The van der Waals surface area contributed by atoms with Crippen LogP contribution in [0.5, 0.6) is 5.75 Å². The van der Waals surface area contributed by atoms with Gasteiger partial charge < -0.3 is 4.74 Å². The van der Waals surface area contributed by atoms with E-state index in [1.807, 2.05) is 0 Å². The quantitative estimate of drug-likeness (QED) is 0.725. The molecule has 18 heavy (non-hydrogen) atoms. The summed E-state index contributed by atoms with van der Waals surface area (Å²) < 4.78 is 33.2. The van der Waals surface area contributed by atoms with Gasteiger partial charge in [0.05, 0.1) is 4.47 Å². The lowest BCUT2D eigenvalue weighted by molar-refractivity contribution is 0.296. The topological polar surface area (TPSA) is 9.23 Å². The van der Waals surface area contributed by atoms with Gasteiger partial charge in [-0.3, -0.25) is 0 Å². The summed E-state index contributed by atoms with van der Waals surface area (Å²) in [6.07, 6.45) is 0. The molecule has 0 aliphatic heterocycles. The van der Waals surface area contributed by atoms with Gasteiger partial charge in [-0.05, 0) is 40.2 Å². The zero-order valence-corrected chi connectivity index (χ0v) is 12.3. The molecule has 0 aliphatic rings. The summed E-state index contributed by atoms with van der Waals surface area (Å²) in [7, 11) is 0. The van der Waals surface area contributed by atoms with Gasteiger partial charge in [0.2, 0.25) is 0 Å². The van der Waals surface area contributed by atoms with Crippen LogP contribution in [0.1, 0.15) is 5.56 Å². The first-order valence-electron chi connectivity index (χ1n) is 5.08. The van der Waals surface area contributed by atoms with Gasteiger partial charge in [-0.25, -0.2) is 8.78 Å². The Bertz CT molecular complexity index is 573. The molecule has 0 amide bonds. The summed E-state index contributed by atoms with van der Waals surface area (Å²) in [4.78, 5) is 0. The van der Waals surface area contributed by atoms with Crippen molar-refractivity contribution in [3.05, 3.63) is 62.5 Å². The maximum absolute atomic E-state index is 13.5. The van der Waals surface area contributed by atoms with Gasteiger partial charge in [0, 0.05) is 16.1 Å². The Morgan fingerprint density at radius 2 is 1.78 bits per heavy atom. The first-order valence-corrected chi connectivity index (χ1v) is 6.66. The average Bonchev–Trinajstić information content (AvgIpc) is 2.32. The second kappa shape index (κ2) is 5.80. The maximum Gasteiger partial charge on any atom is 0.136 e. The molecule has 0 N–H and O–H groups in total. The molecular weight excluding hydrogens is 370 g/mol. The van der Waals surface area contributed by atoms with Crippen LogP contribution in [0.4, 0.5) is 8.78 Å². The molecule has 0 heterocycles. The number of halogens is 4. The van der Waals surface area contributed by atoms with E-state index in [1.165, 1.54) is 18.2 Å². The Morgan fingerprint density at radius 3 is 2.50 bits per heavy atom. The predicted molar refractivity (Wildman–Crippen MR) is 72.5 cm³/mol. The highest BCUT2D eigenvalue weighted by atomic mass is 79.9. The highest BCUT2D eigenvalue weighted by Crippen LogP contribution is 2.27. The van der Waals surface area contributed by atoms with Gasteiger partial charge in [-0.2, -0.15) is 0 Å². The number of hydrogen-bond donors (Lipinski definition) is 0. The number of hydrogen-bond acceptors (Lipinski definition) is 1. The van der Waals surface area contributed by atoms with E-state index in [9.17, 15) is 8.78 Å². The van der Waals surface area contributed by atoms with Gasteiger partial charge in [-0.15, -0.1) is 0 Å². The van der Waals surface area contributed by atoms with Crippen molar-refractivity contribution >= 4 is 31.9 Å². The molecule has 94 valence electrons. The zero-order chi connectivity index (χ0) is 13.1. The van der Waals surface area contributed by atoms with E-state index in [4.69, 9.17) is 4.74 Å². The van der Waals surface area contributed by atoms with Crippen LogP contribution in [0.25, 0.3) is 0 Å². The van der Waals surface area contributed by atoms with Crippen LogP contribution in [0.2, 0.25) is 0 Å². The molecule has 0 aromatic heterocycles. The van der Waals surface area contributed by atoms with Crippen LogP contribution in [0.3, 0.4) is 0 Å². The Morgan fingerprint density at radius 1 is 1.00 bits per heavy atom. The van der Waals surface area contributed by atoms with E-state index in [2.05, 4.69) is 31.9 Å². The van der Waals surface area contributed by atoms with Crippen molar-refractivity contribution in [2.75, 3.05) is 0 Å². The summed E-state index contributed by atoms with van der Waals surface area (Å²) in [5.74, 6) is -0.418. The SMILES string of the molecule is Fc1ccc(Br)c(OCc2ccc(Br)cc2F)c1. The van der Waals surface area contributed by atoms with Crippen LogP contribution in [-0.2, 0) is 6.61 Å². The molecule has 0 aliphatic carbocycles. The second-order valence-electron chi connectivity index (χ2n) is 3.60. The minimum absolute atomic E-state index is 0.0428. The first-order chi connectivity index (χ1) is 8.56. The van der Waals surface area contributed by atoms with Crippen molar-refractivity contribution in [1.29, 1.82) is 0 Å². The minimum atomic E-state index is -0.399. The largest absolute Gasteiger partial charge is 0.488 e. The molecule has 2 aromatic rings. The van der Waals surface area contributed by atoms with Crippen molar-refractivity contribution in [2.45, 2.75) is 6.61 Å². The fourth-order valence-electron chi connectivity index (χ4n) is 1.38. The molecular formula is C13H8Br2F2O. The van der Waals surface area contributed by atoms with Gasteiger partial charge in [-0.1, -0.05) is 22.0 Å². The Hall–Kier alpha value is -0.940. The molecule has 0 radical (unpaired) electrons. The summed E-state index contributed by atoms with van der Waals surface area (Å²) in [5, 5.41) is 0. The van der Waals surface area contributed by atoms with Crippen molar-refractivity contribution in [1.82, 2.24) is 0 Å². The van der Waals surface area contributed by atoms with Crippen molar-refractivity contribution < 1.29 is 13.5 Å². The van der Waals surface area contributed by atoms with Gasteiger partial charge in [0.1, 0.15) is 24.0 Å². The molecule has 0 bridgehead atoms. The molecule has 1 nitrogen and oxygen atoms in total. The Labute approximate surface area is 120 Å². The monoisotopic (exact) mass is 376 g/mol. The zero-order valence-electron chi connectivity index (χ0n) is 9.09. The third kappa shape index (κ3) is 3.29. The maximum atomic E-state index is 13.5. The summed E-state index contributed by atoms with van der Waals surface area (Å²) in [6.45, 7) is 0.0428. The number of ether oxygens (including phenoxy) is 1. The second-order valence-corrected chi connectivity index (χ2v) is 5.37. The lowest BCUT2D eigenvalue weighted by Gasteiger charge is -2.09. The molecule has 0 saturated heterocycles. The van der Waals surface area contributed by atoms with Gasteiger partial charge in [0.15, 0.2) is 0 Å². The number of rotatable bonds is 3. The van der Waals surface area contributed by atoms with Crippen molar-refractivity contribution in [3.8, 4) is 5.75 Å². The minimum Gasteiger partial charge on any atom is -0.488 e. The van der Waals surface area contributed by atoms with Crippen LogP contribution < -0.4 is 4.74 Å². The van der Waals surface area contributed by atoms with E-state index >= 15 is 0 Å². The summed E-state index contributed by atoms with van der Waals surface area (Å²) in [5.41, 5.74) is 0.411. The standard InChI is InChI=1S/C13H8Br2F2O/c14-9-2-1-8(12(17)5-9)7-18-13-6-10(16)3-4-11(13)15/h1-6H,7H2. The molecule has 2 rings (SSSR count). The fourth-order valence-corrected chi connectivity index (χ4v) is 2.08. The molecule has 2 aromatic carbocycles. The van der Waals surface area contributed by atoms with Gasteiger partial charge in [0.25, 0.3) is 0 Å². The molecule has 0 spiro atoms. The third-order valence-corrected chi connectivity index (χ3v) is 3.44. The smallest absolute Gasteiger partial charge is 0.136 e. The molecule has 5 heteroatoms. The Balaban J connectivity index is 2.13. The van der Waals surface area contributed by atoms with Crippen molar-refractivity contribution in [2.24, 2.45) is 0 Å². The van der Waals surface area contributed by atoms with E-state index in [-0.39, 0.29) is 12.4 Å². The van der Waals surface area contributed by atoms with Gasteiger partial charge >= 0.3 is 0 Å². The average molecular weight is 378 g/mol. The molecule has 0 saturated carbocycles. The molecule has 0 fully saturated rings. The van der Waals surface area contributed by atoms with E-state index in [0.717, 1.165) is 0 Å². The number of benzene rings is 2. The highest BCUT2D eigenvalue weighted by molar-refractivity contribution is 9.10. The molecule has 0 unspecified atom stereocenters. The molecule has 0 atom stereocenters.